The number of likely N-dealkylation sites (tertiary alicyclic amines) is 1. The molecule has 9 aromatic heterocycles. The van der Waals surface area contributed by atoms with Crippen LogP contribution in [0.25, 0.3) is 60.9 Å². The second-order valence-electron chi connectivity index (χ2n) is 30.1. The van der Waals surface area contributed by atoms with E-state index in [1.807, 2.05) is 65.2 Å². The Morgan fingerprint density at radius 2 is 1.54 bits per heavy atom. The molecule has 4 aliphatic heterocycles. The van der Waals surface area contributed by atoms with Crippen LogP contribution in [0.5, 0.6) is 0 Å². The molecule has 115 heavy (non-hydrogen) atoms. The monoisotopic (exact) mass is 1610 g/mol. The van der Waals surface area contributed by atoms with Crippen molar-refractivity contribution in [2.24, 2.45) is 20.0 Å². The van der Waals surface area contributed by atoms with Gasteiger partial charge >= 0.3 is 6.03 Å². The number of aryl methyl sites for hydroxylation is 3. The number of rotatable bonds is 27. The molecule has 2 fully saturated rings. The summed E-state index contributed by atoms with van der Waals surface area (Å²) in [5.74, 6) is 1.92. The molecule has 16 rings (SSSR count). The van der Waals surface area contributed by atoms with Crippen LogP contribution in [-0.4, -0.2) is 212 Å². The standard InChI is InChI=1S/C82H87ClFN23O6S2/c1-50(2)72(66-45-65(92-79(93-66)95-69-18-25-88-101(69)6)55-22-29-105(71(109)42-55)80(112)94-67(47-108)54-11-14-60(83)61(84)41-54)64-15-12-56(46-86-64)73-58-43-57(13-16-62(58)97-98-73)90-77(111)82(23-30-104(48-82)32-31-102-27-20-52(21-28-102)51-7-9-53(10-8-51)75-87-49-100(5)99-75)114-40-37-107-70(19-26-89-107)96-78-85-24-17-63(91-78)68-44-59-74(115-68)81(3,4)106(76(59)110)34-33-103-35-38-113-39-36-103/h7-20,22,24-26,29,41-46,49-50,67,72,108H,21,23,27-28,30-40,47-48H2,1-6H3,(H,90,111)(H,94,112)(H,97,98)(H,85,91,96)(H,92,93,95)/t67-,72?,82+/m1/s1. The van der Waals surface area contributed by atoms with E-state index in [2.05, 4.69) is 119 Å². The van der Waals surface area contributed by atoms with Crippen molar-refractivity contribution in [1.82, 2.24) is 98.9 Å². The molecule has 0 bridgehead atoms. The molecule has 0 radical (unpaired) electrons. The summed E-state index contributed by atoms with van der Waals surface area (Å²) < 4.78 is 25.2. The highest BCUT2D eigenvalue weighted by Gasteiger charge is 2.47. The van der Waals surface area contributed by atoms with E-state index in [1.165, 1.54) is 35.5 Å². The van der Waals surface area contributed by atoms with Crippen molar-refractivity contribution in [3.63, 3.8) is 0 Å². The number of anilines is 5. The van der Waals surface area contributed by atoms with Gasteiger partial charge in [-0.15, -0.1) is 23.1 Å². The summed E-state index contributed by atoms with van der Waals surface area (Å²) in [7, 11) is 3.65. The average Bonchev–Trinajstić information content (AvgIpc) is 1.58. The third-order valence-corrected chi connectivity index (χ3v) is 25.1. The highest BCUT2D eigenvalue weighted by atomic mass is 35.5. The number of aliphatic hydroxyl groups is 1. The summed E-state index contributed by atoms with van der Waals surface area (Å²) in [5.41, 5.74) is 8.83. The highest BCUT2D eigenvalue weighted by molar-refractivity contribution is 8.01. The Labute approximate surface area is 675 Å². The van der Waals surface area contributed by atoms with Crippen molar-refractivity contribution in [3.05, 3.63) is 213 Å². The zero-order chi connectivity index (χ0) is 79.7. The number of aliphatic hydroxyl groups excluding tert-OH is 1. The van der Waals surface area contributed by atoms with Crippen LogP contribution >= 0.6 is 34.7 Å². The number of pyridine rings is 2. The Bertz CT molecular complexity index is 5680. The van der Waals surface area contributed by atoms with Gasteiger partial charge in [0.15, 0.2) is 5.82 Å². The molecule has 33 heteroatoms. The summed E-state index contributed by atoms with van der Waals surface area (Å²) in [6.07, 6.45) is 13.8. The lowest BCUT2D eigenvalue weighted by Crippen LogP contribution is -2.46. The highest BCUT2D eigenvalue weighted by Crippen LogP contribution is 2.47. The molecule has 13 heterocycles. The van der Waals surface area contributed by atoms with Gasteiger partial charge in [-0.1, -0.05) is 61.9 Å². The van der Waals surface area contributed by atoms with E-state index in [0.717, 1.165) is 107 Å². The van der Waals surface area contributed by atoms with Crippen molar-refractivity contribution in [2.45, 2.75) is 69.3 Å². The SMILES string of the molecule is CC(C)C(c1ccc(-c2n[nH]c3ccc(NC(=O)[C@]4(SCCn5nccc5Nc5nccc(-c6cc7c(s6)C(C)(C)N(CCN6CCOCC6)C7=O)n5)CCN(CCN5CC=C(c6ccc(-c7ncn(C)n7)cc6)CC5)C4)cc23)cn1)c1cc(-c2ccn(C(=O)N[C@H](CO)c3ccc(Cl)c(F)c3)c(=O)c2)nc(Nc2ccnn2C)n1. The second-order valence-corrected chi connectivity index (χ2v) is 33.0. The number of carbonyl (C=O) groups is 3. The molecule has 3 amide bonds. The van der Waals surface area contributed by atoms with Crippen LogP contribution in [0, 0.1) is 11.7 Å². The molecule has 4 aliphatic rings. The lowest BCUT2D eigenvalue weighted by molar-refractivity contribution is -0.118. The zero-order valence-electron chi connectivity index (χ0n) is 64.4. The number of fused-ring (bicyclic) bond motifs is 2. The molecule has 592 valence electrons. The van der Waals surface area contributed by atoms with Gasteiger partial charge in [0.25, 0.3) is 11.5 Å². The minimum atomic E-state index is -1.04. The number of halogens is 2. The first-order valence-electron chi connectivity index (χ1n) is 38.3. The lowest BCUT2D eigenvalue weighted by atomic mass is 9.88. The number of thiophene rings is 1. The van der Waals surface area contributed by atoms with Gasteiger partial charge in [-0.3, -0.25) is 43.6 Å². The molecule has 0 spiro atoms. The maximum absolute atomic E-state index is 15.4. The summed E-state index contributed by atoms with van der Waals surface area (Å²) in [6, 6.07) is 32.4. The second kappa shape index (κ2) is 33.3. The molecule has 0 saturated carbocycles. The number of aromatic amines is 1. The average molecular weight is 1610 g/mol. The van der Waals surface area contributed by atoms with E-state index >= 15 is 4.79 Å². The first-order chi connectivity index (χ1) is 55.7. The van der Waals surface area contributed by atoms with Crippen LogP contribution < -0.4 is 26.8 Å². The fourth-order valence-electron chi connectivity index (χ4n) is 15.4. The van der Waals surface area contributed by atoms with E-state index in [-0.39, 0.29) is 34.3 Å². The molecule has 2 saturated heterocycles. The van der Waals surface area contributed by atoms with E-state index in [0.29, 0.717) is 108 Å². The van der Waals surface area contributed by atoms with Gasteiger partial charge in [0, 0.05) is 166 Å². The Kier molecular flexibility index (Phi) is 22.5. The van der Waals surface area contributed by atoms with Crippen LogP contribution in [0.2, 0.25) is 5.02 Å². The number of nitrogens with zero attached hydrogens (tertiary/aromatic N) is 18. The number of carbonyl (C=O) groups excluding carboxylic acids is 3. The molecule has 6 N–H and O–H groups in total. The third kappa shape index (κ3) is 16.7. The van der Waals surface area contributed by atoms with Crippen molar-refractivity contribution >= 4 is 98.2 Å². The van der Waals surface area contributed by atoms with E-state index in [1.54, 1.807) is 88.8 Å². The first kappa shape index (κ1) is 77.7. The molecule has 0 aliphatic carbocycles. The van der Waals surface area contributed by atoms with Gasteiger partial charge in [-0.25, -0.2) is 43.4 Å². The lowest BCUT2D eigenvalue weighted by Gasteiger charge is -2.35. The number of hydrogen-bond donors (Lipinski definition) is 6. The maximum Gasteiger partial charge on any atom is 0.329 e. The molecule has 29 nitrogen and oxygen atoms in total. The third-order valence-electron chi connectivity index (χ3n) is 21.8. The zero-order valence-corrected chi connectivity index (χ0v) is 66.8. The van der Waals surface area contributed by atoms with Crippen LogP contribution in [-0.2, 0) is 35.7 Å². The Morgan fingerprint density at radius 1 is 0.757 bits per heavy atom. The Hall–Kier alpha value is -11.2. The molecular formula is C82H87ClFN23O6S2. The fourth-order valence-corrected chi connectivity index (χ4v) is 18.1. The quantitative estimate of drug-likeness (QED) is 0.0279. The number of thioether (sulfide) groups is 1. The normalized spacial score (nSPS) is 17.1. The topological polar surface area (TPSA) is 323 Å². The molecule has 12 aromatic rings. The van der Waals surface area contributed by atoms with Crippen LogP contribution in [0.15, 0.2) is 163 Å². The number of amides is 3. The Morgan fingerprint density at radius 3 is 2.28 bits per heavy atom. The van der Waals surface area contributed by atoms with Gasteiger partial charge in [-0.2, -0.15) is 20.4 Å². The number of ether oxygens (including phenoxy) is 1. The van der Waals surface area contributed by atoms with E-state index in [4.69, 9.17) is 46.5 Å². The summed E-state index contributed by atoms with van der Waals surface area (Å²) in [6.45, 7) is 17.5. The van der Waals surface area contributed by atoms with Crippen LogP contribution in [0.3, 0.4) is 0 Å². The predicted octanol–water partition coefficient (Wildman–Crippen LogP) is 11.5. The number of hydrogen-bond acceptors (Lipinski definition) is 23. The van der Waals surface area contributed by atoms with Gasteiger partial charge in [0.2, 0.25) is 17.8 Å². The van der Waals surface area contributed by atoms with E-state index in [9.17, 15) is 23.9 Å². The molecule has 3 aromatic carbocycles. The maximum atomic E-state index is 15.4. The summed E-state index contributed by atoms with van der Waals surface area (Å²) in [5, 5.41) is 45.1. The molecule has 1 unspecified atom stereocenters. The number of aromatic nitrogens is 15. The van der Waals surface area contributed by atoms with Crippen LogP contribution in [0.1, 0.15) is 90.2 Å². The van der Waals surface area contributed by atoms with Crippen molar-refractivity contribution in [3.8, 4) is 44.5 Å². The summed E-state index contributed by atoms with van der Waals surface area (Å²) in [4.78, 5) is 96.9. The van der Waals surface area contributed by atoms with Crippen molar-refractivity contribution in [2.75, 3.05) is 107 Å². The number of H-pyrrole nitrogens is 1. The molecular weight excluding hydrogens is 1520 g/mol. The number of nitrogens with one attached hydrogen (secondary N) is 5. The van der Waals surface area contributed by atoms with E-state index < -0.39 is 46.3 Å². The van der Waals surface area contributed by atoms with Gasteiger partial charge in [0.05, 0.1) is 88.4 Å². The van der Waals surface area contributed by atoms with Crippen molar-refractivity contribution < 1.29 is 28.6 Å². The summed E-state index contributed by atoms with van der Waals surface area (Å²) >= 11 is 9.13. The predicted molar refractivity (Wildman–Crippen MR) is 442 cm³/mol. The first-order valence-corrected chi connectivity index (χ1v) is 40.5. The number of benzene rings is 3. The Balaban J connectivity index is 0.617. The minimum absolute atomic E-state index is 0.0361. The fraction of sp³-hybridized carbons (Fsp3) is 0.341. The minimum Gasteiger partial charge on any atom is -0.394 e. The smallest absolute Gasteiger partial charge is 0.329 e. The number of morpholine rings is 1. The van der Waals surface area contributed by atoms with Gasteiger partial charge < -0.3 is 40.9 Å². The largest absolute Gasteiger partial charge is 0.394 e. The van der Waals surface area contributed by atoms with Gasteiger partial charge in [-0.05, 0) is 116 Å². The van der Waals surface area contributed by atoms with Crippen LogP contribution in [0.4, 0.5) is 38.4 Å². The van der Waals surface area contributed by atoms with Crippen molar-refractivity contribution in [1.29, 1.82) is 0 Å². The van der Waals surface area contributed by atoms with Gasteiger partial charge in [0.1, 0.15) is 34.2 Å². The molecule has 3 atom stereocenters.